The largest absolute Gasteiger partial charge is 0.469 e. The molecule has 1 heterocycles. The molecule has 1 aliphatic heterocycles. The molecule has 2 rings (SSSR count). The molecule has 0 aliphatic carbocycles. The molecule has 1 aromatic carbocycles. The van der Waals surface area contributed by atoms with Crippen molar-refractivity contribution in [3.63, 3.8) is 0 Å². The number of esters is 1. The highest BCUT2D eigenvalue weighted by Crippen LogP contribution is 2.29. The molecule has 1 aliphatic rings. The van der Waals surface area contributed by atoms with Gasteiger partial charge in [-0.1, -0.05) is 17.9 Å². The van der Waals surface area contributed by atoms with Crippen molar-refractivity contribution in [3.05, 3.63) is 35.4 Å². The summed E-state index contributed by atoms with van der Waals surface area (Å²) >= 11 is 0. The maximum Gasteiger partial charge on any atom is 0.416 e. The average molecular weight is 509 g/mol. The van der Waals surface area contributed by atoms with Crippen molar-refractivity contribution in [3.8, 4) is 11.8 Å². The Labute approximate surface area is 179 Å². The van der Waals surface area contributed by atoms with Crippen LogP contribution in [-0.4, -0.2) is 50.6 Å². The van der Waals surface area contributed by atoms with Gasteiger partial charge in [0.2, 0.25) is 0 Å². The van der Waals surface area contributed by atoms with E-state index in [1.165, 1.54) is 19.2 Å². The number of hydrogen-bond acceptors (Lipinski definition) is 3. The standard InChI is InChI=1S/C19H22F3N3O2.HI/c1-23-18(25-11-8-15(9-12-25)17(26)27-2)24-10-4-6-14-5-3-7-16(13-14)19(20,21)22;/h3,5,7,13,15H,8-12H2,1-2H3,(H,23,24);1H. The van der Waals surface area contributed by atoms with Crippen molar-refractivity contribution in [1.29, 1.82) is 0 Å². The van der Waals surface area contributed by atoms with Crippen LogP contribution in [0.4, 0.5) is 13.2 Å². The summed E-state index contributed by atoms with van der Waals surface area (Å²) in [5, 5.41) is 3.08. The molecule has 0 aromatic heterocycles. The number of guanidine groups is 1. The Bertz CT molecular complexity index is 749. The van der Waals surface area contributed by atoms with Gasteiger partial charge in [-0.2, -0.15) is 13.2 Å². The Balaban J connectivity index is 0.00000392. The number of carbonyl (C=O) groups is 1. The lowest BCUT2D eigenvalue weighted by Crippen LogP contribution is -2.46. The van der Waals surface area contributed by atoms with Crippen LogP contribution in [0.25, 0.3) is 0 Å². The first-order valence-electron chi connectivity index (χ1n) is 8.54. The number of nitrogens with zero attached hydrogens (tertiary/aromatic N) is 2. The molecule has 0 bridgehead atoms. The zero-order valence-corrected chi connectivity index (χ0v) is 18.0. The van der Waals surface area contributed by atoms with E-state index in [0.29, 0.717) is 37.5 Å². The summed E-state index contributed by atoms with van der Waals surface area (Å²) in [6.45, 7) is 1.58. The first-order valence-corrected chi connectivity index (χ1v) is 8.54. The number of nitrogens with one attached hydrogen (secondary N) is 1. The van der Waals surface area contributed by atoms with Gasteiger partial charge in [0, 0.05) is 25.7 Å². The summed E-state index contributed by atoms with van der Waals surface area (Å²) in [5.41, 5.74) is -0.410. The molecule has 0 saturated carbocycles. The number of ether oxygens (including phenoxy) is 1. The van der Waals surface area contributed by atoms with Crippen LogP contribution in [0, 0.1) is 17.8 Å². The second kappa shape index (κ2) is 11.1. The number of hydrogen-bond donors (Lipinski definition) is 1. The quantitative estimate of drug-likeness (QED) is 0.219. The normalized spacial score (nSPS) is 15.2. The lowest BCUT2D eigenvalue weighted by molar-refractivity contribution is -0.146. The molecular weight excluding hydrogens is 486 g/mol. The molecular formula is C19H23F3IN3O2. The highest BCUT2D eigenvalue weighted by molar-refractivity contribution is 14.0. The minimum atomic E-state index is -4.38. The van der Waals surface area contributed by atoms with Crippen molar-refractivity contribution >= 4 is 35.9 Å². The Morgan fingerprint density at radius 1 is 1.36 bits per heavy atom. The van der Waals surface area contributed by atoms with Crippen LogP contribution in [0.1, 0.15) is 24.0 Å². The Kier molecular flexibility index (Phi) is 9.58. The van der Waals surface area contributed by atoms with Gasteiger partial charge < -0.3 is 15.0 Å². The third kappa shape index (κ3) is 6.89. The summed E-state index contributed by atoms with van der Waals surface area (Å²) in [7, 11) is 3.03. The highest BCUT2D eigenvalue weighted by Gasteiger charge is 2.30. The third-order valence-electron chi connectivity index (χ3n) is 4.30. The Morgan fingerprint density at radius 3 is 2.61 bits per heavy atom. The number of likely N-dealkylation sites (tertiary alicyclic amines) is 1. The molecule has 28 heavy (non-hydrogen) atoms. The van der Waals surface area contributed by atoms with Crippen molar-refractivity contribution in [2.45, 2.75) is 19.0 Å². The number of aliphatic imine (C=N–C) groups is 1. The molecule has 1 aromatic rings. The van der Waals surface area contributed by atoms with Crippen molar-refractivity contribution in [2.24, 2.45) is 10.9 Å². The Hall–Kier alpha value is -1.96. The van der Waals surface area contributed by atoms with Gasteiger partial charge in [-0.3, -0.25) is 9.79 Å². The van der Waals surface area contributed by atoms with Gasteiger partial charge in [-0.15, -0.1) is 24.0 Å². The zero-order chi connectivity index (χ0) is 19.9. The molecule has 154 valence electrons. The van der Waals surface area contributed by atoms with E-state index in [2.05, 4.69) is 22.2 Å². The number of piperidine rings is 1. The lowest BCUT2D eigenvalue weighted by atomic mass is 9.97. The molecule has 9 heteroatoms. The molecule has 1 fully saturated rings. The predicted octanol–water partition coefficient (Wildman–Crippen LogP) is 3.14. The van der Waals surface area contributed by atoms with E-state index in [1.54, 1.807) is 7.05 Å². The van der Waals surface area contributed by atoms with E-state index in [0.717, 1.165) is 12.1 Å². The summed E-state index contributed by atoms with van der Waals surface area (Å²) < 4.78 is 42.9. The van der Waals surface area contributed by atoms with Crippen LogP contribution in [0.3, 0.4) is 0 Å². The first kappa shape index (κ1) is 24.1. The number of benzene rings is 1. The predicted molar refractivity (Wildman–Crippen MR) is 111 cm³/mol. The molecule has 0 atom stereocenters. The molecule has 1 saturated heterocycles. The minimum absolute atomic E-state index is 0. The summed E-state index contributed by atoms with van der Waals surface area (Å²) in [6, 6.07) is 4.92. The van der Waals surface area contributed by atoms with Gasteiger partial charge in [-0.05, 0) is 31.0 Å². The van der Waals surface area contributed by atoms with Gasteiger partial charge in [-0.25, -0.2) is 0 Å². The zero-order valence-electron chi connectivity index (χ0n) is 15.7. The van der Waals surface area contributed by atoms with Crippen LogP contribution in [-0.2, 0) is 15.7 Å². The van der Waals surface area contributed by atoms with Gasteiger partial charge in [0.15, 0.2) is 5.96 Å². The maximum absolute atomic E-state index is 12.7. The summed E-state index contributed by atoms with van der Waals surface area (Å²) in [4.78, 5) is 17.8. The third-order valence-corrected chi connectivity index (χ3v) is 4.30. The monoisotopic (exact) mass is 509 g/mol. The van der Waals surface area contributed by atoms with Crippen molar-refractivity contribution in [2.75, 3.05) is 33.8 Å². The molecule has 0 amide bonds. The van der Waals surface area contributed by atoms with Crippen LogP contribution in [0.2, 0.25) is 0 Å². The van der Waals surface area contributed by atoms with E-state index in [4.69, 9.17) is 4.74 Å². The lowest BCUT2D eigenvalue weighted by Gasteiger charge is -2.32. The number of halogens is 4. The maximum atomic E-state index is 12.7. The van der Waals surface area contributed by atoms with E-state index in [1.807, 2.05) is 4.90 Å². The van der Waals surface area contributed by atoms with E-state index in [9.17, 15) is 18.0 Å². The van der Waals surface area contributed by atoms with Crippen LogP contribution in [0.15, 0.2) is 29.3 Å². The second-order valence-electron chi connectivity index (χ2n) is 6.07. The van der Waals surface area contributed by atoms with Gasteiger partial charge in [0.05, 0.1) is 25.1 Å². The topological polar surface area (TPSA) is 53.9 Å². The summed E-state index contributed by atoms with van der Waals surface area (Å²) in [5.74, 6) is 5.90. The Morgan fingerprint density at radius 2 is 2.04 bits per heavy atom. The van der Waals surface area contributed by atoms with E-state index in [-0.39, 0.29) is 42.4 Å². The average Bonchev–Trinajstić information content (AvgIpc) is 2.67. The highest BCUT2D eigenvalue weighted by atomic mass is 127. The fraction of sp³-hybridized carbons (Fsp3) is 0.474. The molecule has 0 radical (unpaired) electrons. The number of rotatable bonds is 2. The fourth-order valence-corrected chi connectivity index (χ4v) is 2.87. The second-order valence-corrected chi connectivity index (χ2v) is 6.07. The van der Waals surface area contributed by atoms with Crippen molar-refractivity contribution < 1.29 is 22.7 Å². The van der Waals surface area contributed by atoms with Gasteiger partial charge in [0.1, 0.15) is 0 Å². The van der Waals surface area contributed by atoms with E-state index >= 15 is 0 Å². The first-order chi connectivity index (χ1) is 12.8. The minimum Gasteiger partial charge on any atom is -0.469 e. The number of carbonyl (C=O) groups excluding carboxylic acids is 1. The van der Waals surface area contributed by atoms with Crippen molar-refractivity contribution in [1.82, 2.24) is 10.2 Å². The number of alkyl halides is 3. The van der Waals surface area contributed by atoms with Gasteiger partial charge >= 0.3 is 12.1 Å². The SMILES string of the molecule is CN=C(NCC#Cc1cccc(C(F)(F)F)c1)N1CCC(C(=O)OC)CC1.I. The van der Waals surface area contributed by atoms with Crippen LogP contribution in [0.5, 0.6) is 0 Å². The molecule has 0 unspecified atom stereocenters. The smallest absolute Gasteiger partial charge is 0.416 e. The molecule has 0 spiro atoms. The van der Waals surface area contributed by atoms with Crippen LogP contribution < -0.4 is 5.32 Å². The molecule has 5 nitrogen and oxygen atoms in total. The fourth-order valence-electron chi connectivity index (χ4n) is 2.87. The summed E-state index contributed by atoms with van der Waals surface area (Å²) in [6.07, 6.45) is -3.01. The molecule has 1 N–H and O–H groups in total. The number of methoxy groups -OCH3 is 1. The van der Waals surface area contributed by atoms with Crippen LogP contribution >= 0.6 is 24.0 Å². The van der Waals surface area contributed by atoms with Gasteiger partial charge in [0.25, 0.3) is 0 Å². The van der Waals surface area contributed by atoms with E-state index < -0.39 is 11.7 Å².